The van der Waals surface area contributed by atoms with Crippen molar-refractivity contribution in [2.45, 2.75) is 40.2 Å². The number of fused-ring (bicyclic) bond motifs is 2. The van der Waals surface area contributed by atoms with Crippen molar-refractivity contribution < 1.29 is 38.5 Å². The van der Waals surface area contributed by atoms with E-state index in [1.165, 1.54) is 18.2 Å². The summed E-state index contributed by atoms with van der Waals surface area (Å²) in [5, 5.41) is 9.04. The van der Waals surface area contributed by atoms with Crippen LogP contribution in [-0.2, 0) is 14.3 Å². The lowest BCUT2D eigenvalue weighted by atomic mass is 10.1. The summed E-state index contributed by atoms with van der Waals surface area (Å²) >= 11 is 0. The molecule has 0 saturated heterocycles. The van der Waals surface area contributed by atoms with E-state index in [9.17, 15) is 19.2 Å². The highest BCUT2D eigenvalue weighted by Crippen LogP contribution is 2.42. The maximum atomic E-state index is 13.8. The molecule has 1 N–H and O–H groups in total. The maximum Gasteiger partial charge on any atom is 0.341 e. The van der Waals surface area contributed by atoms with Gasteiger partial charge < -0.3 is 24.2 Å². The number of carbonyl (C=O) groups is 4. The molecule has 2 aromatic carbocycles. The second-order valence-corrected chi connectivity index (χ2v) is 9.05. The van der Waals surface area contributed by atoms with Crippen LogP contribution in [0.1, 0.15) is 55.3 Å². The monoisotopic (exact) mass is 498 g/mol. The Kier molecular flexibility index (Phi) is 7.87. The van der Waals surface area contributed by atoms with Crippen molar-refractivity contribution in [2.24, 2.45) is 0 Å². The average Bonchev–Trinajstić information content (AvgIpc) is 2.91. The number of hydrogen-bond donors (Lipinski definition) is 1. The van der Waals surface area contributed by atoms with E-state index in [0.717, 1.165) is 4.90 Å². The number of carbonyl (C=O) groups excluding carboxylic acids is 3. The van der Waals surface area contributed by atoms with Crippen LogP contribution in [0.2, 0.25) is 0 Å². The highest BCUT2D eigenvalue weighted by molar-refractivity contribution is 6.13. The van der Waals surface area contributed by atoms with E-state index in [2.05, 4.69) is 0 Å². The zero-order chi connectivity index (χ0) is 26.6. The summed E-state index contributed by atoms with van der Waals surface area (Å²) in [7, 11) is 0. The number of carboxylic acids is 1. The summed E-state index contributed by atoms with van der Waals surface area (Å²) in [4.78, 5) is 53.5. The van der Waals surface area contributed by atoms with Crippen molar-refractivity contribution in [1.29, 1.82) is 0 Å². The molecule has 0 spiro atoms. The van der Waals surface area contributed by atoms with Crippen LogP contribution in [0.4, 0.5) is 5.69 Å². The lowest BCUT2D eigenvalue weighted by molar-refractivity contribution is -0.152. The number of esters is 1. The molecular weight excluding hydrogens is 468 g/mol. The lowest BCUT2D eigenvalue weighted by Crippen LogP contribution is -2.39. The van der Waals surface area contributed by atoms with Gasteiger partial charge in [0.05, 0.1) is 5.69 Å². The van der Waals surface area contributed by atoms with Crippen LogP contribution in [0.3, 0.4) is 0 Å². The molecule has 0 fully saturated rings. The number of carboxylic acid groups (broad SMARTS) is 1. The van der Waals surface area contributed by atoms with Crippen molar-refractivity contribution >= 4 is 29.4 Å². The number of hydrogen-bond acceptors (Lipinski definition) is 7. The third-order valence-electron chi connectivity index (χ3n) is 5.27. The number of anilines is 1. The predicted octanol–water partition coefficient (Wildman–Crippen LogP) is 3.73. The van der Waals surface area contributed by atoms with Gasteiger partial charge in [0.2, 0.25) is 0 Å². The molecule has 10 heteroatoms. The van der Waals surface area contributed by atoms with Crippen LogP contribution >= 0.6 is 0 Å². The fourth-order valence-electron chi connectivity index (χ4n) is 3.73. The lowest BCUT2D eigenvalue weighted by Gasteiger charge is -2.26. The smallest absolute Gasteiger partial charge is 0.341 e. The molecule has 10 nitrogen and oxygen atoms in total. The molecule has 192 valence electrons. The standard InChI is InChI=1S/C26H30N2O8/c1-6-27(7-2)24(32)16-11-12-18-17(13-16)28(14-22(31)36-26(3,4)5)25(33)23-19(34-15-21(29)30)9-8-10-20(23)35-18/h8-13H,6-7,14-15H2,1-5H3,(H,29,30). The third-order valence-corrected chi connectivity index (χ3v) is 5.27. The van der Waals surface area contributed by atoms with E-state index in [4.69, 9.17) is 19.3 Å². The molecular formula is C26H30N2O8. The molecule has 0 bridgehead atoms. The van der Waals surface area contributed by atoms with Gasteiger partial charge in [-0.1, -0.05) is 6.07 Å². The van der Waals surface area contributed by atoms with Crippen molar-refractivity contribution in [2.75, 3.05) is 31.1 Å². The van der Waals surface area contributed by atoms with Gasteiger partial charge >= 0.3 is 11.9 Å². The van der Waals surface area contributed by atoms with Crippen LogP contribution in [0.25, 0.3) is 0 Å². The van der Waals surface area contributed by atoms with Crippen LogP contribution in [0.15, 0.2) is 36.4 Å². The van der Waals surface area contributed by atoms with Gasteiger partial charge in [0.25, 0.3) is 11.8 Å². The predicted molar refractivity (Wildman–Crippen MR) is 131 cm³/mol. The average molecular weight is 499 g/mol. The van der Waals surface area contributed by atoms with Gasteiger partial charge in [-0.15, -0.1) is 0 Å². The minimum absolute atomic E-state index is 0.0127. The van der Waals surface area contributed by atoms with Gasteiger partial charge in [0.15, 0.2) is 12.4 Å². The van der Waals surface area contributed by atoms with Crippen molar-refractivity contribution in [3.8, 4) is 17.2 Å². The fraction of sp³-hybridized carbons (Fsp3) is 0.385. The minimum Gasteiger partial charge on any atom is -0.481 e. The van der Waals surface area contributed by atoms with Crippen LogP contribution in [0.5, 0.6) is 17.2 Å². The van der Waals surface area contributed by atoms with E-state index < -0.39 is 36.6 Å². The Morgan fingerprint density at radius 3 is 2.36 bits per heavy atom. The molecule has 1 heterocycles. The Labute approximate surface area is 209 Å². The Hall–Kier alpha value is -4.08. The summed E-state index contributed by atoms with van der Waals surface area (Å²) in [6, 6.07) is 9.19. The highest BCUT2D eigenvalue weighted by atomic mass is 16.6. The molecule has 0 saturated carbocycles. The molecule has 0 unspecified atom stereocenters. The second-order valence-electron chi connectivity index (χ2n) is 9.05. The minimum atomic E-state index is -1.22. The Balaban J connectivity index is 2.13. The Morgan fingerprint density at radius 1 is 1.06 bits per heavy atom. The van der Waals surface area contributed by atoms with Gasteiger partial charge in [-0.3, -0.25) is 19.3 Å². The van der Waals surface area contributed by atoms with Gasteiger partial charge in [0, 0.05) is 18.7 Å². The van der Waals surface area contributed by atoms with Crippen LogP contribution in [-0.4, -0.2) is 65.6 Å². The van der Waals surface area contributed by atoms with Crippen LogP contribution in [0, 0.1) is 0 Å². The fourth-order valence-corrected chi connectivity index (χ4v) is 3.73. The first kappa shape index (κ1) is 26.5. The van der Waals surface area contributed by atoms with Gasteiger partial charge in [0.1, 0.15) is 29.2 Å². The Morgan fingerprint density at radius 2 is 1.75 bits per heavy atom. The Bertz CT molecular complexity index is 1180. The zero-order valence-corrected chi connectivity index (χ0v) is 21.0. The largest absolute Gasteiger partial charge is 0.481 e. The number of ether oxygens (including phenoxy) is 3. The highest BCUT2D eigenvalue weighted by Gasteiger charge is 2.34. The molecule has 2 amide bonds. The van der Waals surface area contributed by atoms with Crippen molar-refractivity contribution in [3.05, 3.63) is 47.5 Å². The molecule has 0 aliphatic carbocycles. The normalized spacial score (nSPS) is 12.6. The number of rotatable bonds is 8. The van der Waals surface area contributed by atoms with E-state index in [1.807, 2.05) is 13.8 Å². The van der Waals surface area contributed by atoms with E-state index in [-0.39, 0.29) is 34.4 Å². The van der Waals surface area contributed by atoms with E-state index in [0.29, 0.717) is 18.7 Å². The van der Waals surface area contributed by atoms with E-state index >= 15 is 0 Å². The summed E-state index contributed by atoms with van der Waals surface area (Å²) in [6.45, 7) is 8.70. The molecule has 2 aromatic rings. The molecule has 36 heavy (non-hydrogen) atoms. The van der Waals surface area contributed by atoms with Gasteiger partial charge in [-0.25, -0.2) is 4.79 Å². The molecule has 0 radical (unpaired) electrons. The molecule has 1 aliphatic heterocycles. The summed E-state index contributed by atoms with van der Waals surface area (Å²) in [6.07, 6.45) is 0. The quantitative estimate of drug-likeness (QED) is 0.547. The van der Waals surface area contributed by atoms with E-state index in [1.54, 1.807) is 43.9 Å². The summed E-state index contributed by atoms with van der Waals surface area (Å²) in [5.41, 5.74) is -0.324. The molecule has 0 aromatic heterocycles. The van der Waals surface area contributed by atoms with Crippen molar-refractivity contribution in [1.82, 2.24) is 4.90 Å². The zero-order valence-electron chi connectivity index (χ0n) is 21.0. The first-order chi connectivity index (χ1) is 16.9. The first-order valence-corrected chi connectivity index (χ1v) is 11.6. The third kappa shape index (κ3) is 5.94. The van der Waals surface area contributed by atoms with Crippen LogP contribution < -0.4 is 14.4 Å². The van der Waals surface area contributed by atoms with Crippen molar-refractivity contribution in [3.63, 3.8) is 0 Å². The van der Waals surface area contributed by atoms with Gasteiger partial charge in [-0.2, -0.15) is 0 Å². The summed E-state index contributed by atoms with van der Waals surface area (Å²) in [5.74, 6) is -2.45. The SMILES string of the molecule is CCN(CC)C(=O)c1ccc2c(c1)N(CC(=O)OC(C)(C)C)C(=O)c1c(OCC(=O)O)cccc1O2. The first-order valence-electron chi connectivity index (χ1n) is 11.6. The molecule has 3 rings (SSSR count). The number of nitrogens with zero attached hydrogens (tertiary/aromatic N) is 2. The van der Waals surface area contributed by atoms with Gasteiger partial charge in [-0.05, 0) is 65.0 Å². The number of aliphatic carboxylic acids is 1. The number of benzene rings is 2. The molecule has 1 aliphatic rings. The summed E-state index contributed by atoms with van der Waals surface area (Å²) < 4.78 is 16.8. The maximum absolute atomic E-state index is 13.8. The molecule has 0 atom stereocenters. The topological polar surface area (TPSA) is 123 Å². The second kappa shape index (κ2) is 10.7. The number of amides is 2.